The Morgan fingerprint density at radius 3 is 2.33 bits per heavy atom. The Bertz CT molecular complexity index is 153. The summed E-state index contributed by atoms with van der Waals surface area (Å²) in [4.78, 5) is 3.84. The van der Waals surface area contributed by atoms with Crippen LogP contribution in [-0.4, -0.2) is 55.2 Å². The number of hydrogen-bond donors (Lipinski definition) is 2. The number of piperazine rings is 1. The molecule has 1 heterocycles. The van der Waals surface area contributed by atoms with Crippen molar-refractivity contribution < 1.29 is 4.39 Å². The van der Waals surface area contributed by atoms with Gasteiger partial charge in [0.2, 0.25) is 0 Å². The maximum Gasteiger partial charge on any atom is 0.188 e. The monoisotopic (exact) mass is 174 g/mol. The van der Waals surface area contributed by atoms with Gasteiger partial charge in [-0.05, 0) is 0 Å². The van der Waals surface area contributed by atoms with E-state index in [1.807, 2.05) is 4.90 Å². The Hall–Kier alpha value is -0.840. The molecule has 0 atom stereocenters. The van der Waals surface area contributed by atoms with E-state index in [1.165, 1.54) is 0 Å². The first-order chi connectivity index (χ1) is 5.74. The average Bonchev–Trinajstić information content (AvgIpc) is 2.06. The number of nitrogens with zero attached hydrogens (tertiary/aromatic N) is 2. The molecule has 1 fully saturated rings. The lowest BCUT2D eigenvalue weighted by atomic mass is 10.3. The van der Waals surface area contributed by atoms with Crippen LogP contribution >= 0.6 is 0 Å². The number of nitrogens with two attached hydrogens (primary N) is 1. The van der Waals surface area contributed by atoms with E-state index < -0.39 is 0 Å². The van der Waals surface area contributed by atoms with E-state index in [-0.39, 0.29) is 12.6 Å². The molecule has 0 aliphatic carbocycles. The van der Waals surface area contributed by atoms with Gasteiger partial charge in [-0.2, -0.15) is 0 Å². The Morgan fingerprint density at radius 2 is 1.92 bits per heavy atom. The van der Waals surface area contributed by atoms with E-state index in [1.54, 1.807) is 4.90 Å². The molecule has 0 bridgehead atoms. The van der Waals surface area contributed by atoms with E-state index in [2.05, 4.69) is 0 Å². The minimum absolute atomic E-state index is 0.120. The molecule has 0 saturated carbocycles. The first-order valence-electron chi connectivity index (χ1n) is 4.11. The molecule has 70 valence electrons. The fourth-order valence-electron chi connectivity index (χ4n) is 1.33. The van der Waals surface area contributed by atoms with Crippen molar-refractivity contribution in [2.75, 3.05) is 39.4 Å². The fraction of sp³-hybridized carbons (Fsp3) is 0.857. The molecule has 1 saturated heterocycles. The van der Waals surface area contributed by atoms with Gasteiger partial charge in [0.25, 0.3) is 0 Å². The molecule has 1 aliphatic rings. The number of nitrogens with one attached hydrogen (secondary N) is 1. The smallest absolute Gasteiger partial charge is 0.188 e. The Labute approximate surface area is 71.6 Å². The zero-order chi connectivity index (χ0) is 8.97. The third kappa shape index (κ3) is 2.34. The highest BCUT2D eigenvalue weighted by atomic mass is 19.1. The Kier molecular flexibility index (Phi) is 3.28. The summed E-state index contributed by atoms with van der Waals surface area (Å²) in [6.45, 7) is 3.32. The van der Waals surface area contributed by atoms with Gasteiger partial charge >= 0.3 is 0 Å². The summed E-state index contributed by atoms with van der Waals surface area (Å²) in [7, 11) is 0. The molecule has 0 unspecified atom stereocenters. The molecule has 12 heavy (non-hydrogen) atoms. The van der Waals surface area contributed by atoms with Crippen LogP contribution in [0.1, 0.15) is 0 Å². The number of alkyl halides is 1. The van der Waals surface area contributed by atoms with Gasteiger partial charge in [-0.1, -0.05) is 0 Å². The molecule has 1 rings (SSSR count). The van der Waals surface area contributed by atoms with Crippen LogP contribution in [0.5, 0.6) is 0 Å². The average molecular weight is 174 g/mol. The molecule has 0 aromatic rings. The molecule has 0 aromatic heterocycles. The van der Waals surface area contributed by atoms with Gasteiger partial charge in [-0.3, -0.25) is 10.3 Å². The predicted octanol–water partition coefficient (Wildman–Crippen LogP) is -0.533. The van der Waals surface area contributed by atoms with Crippen LogP contribution in [0.25, 0.3) is 0 Å². The van der Waals surface area contributed by atoms with Gasteiger partial charge in [0.1, 0.15) is 6.67 Å². The molecule has 0 spiro atoms. The van der Waals surface area contributed by atoms with Crippen LogP contribution in [0.2, 0.25) is 0 Å². The summed E-state index contributed by atoms with van der Waals surface area (Å²) < 4.78 is 11.9. The van der Waals surface area contributed by atoms with E-state index in [4.69, 9.17) is 11.1 Å². The Balaban J connectivity index is 2.25. The summed E-state index contributed by atoms with van der Waals surface area (Å²) in [5.41, 5.74) is 5.30. The summed E-state index contributed by atoms with van der Waals surface area (Å²) in [5.74, 6) is 0.120. The highest BCUT2D eigenvalue weighted by Crippen LogP contribution is 1.99. The van der Waals surface area contributed by atoms with E-state index >= 15 is 0 Å². The minimum atomic E-state index is -0.292. The second kappa shape index (κ2) is 4.25. The SMILES string of the molecule is N=C(N)N1CCN(CCF)CC1. The van der Waals surface area contributed by atoms with Gasteiger partial charge < -0.3 is 10.6 Å². The van der Waals surface area contributed by atoms with E-state index in [0.29, 0.717) is 6.54 Å². The second-order valence-electron chi connectivity index (χ2n) is 2.90. The van der Waals surface area contributed by atoms with Crippen molar-refractivity contribution in [1.82, 2.24) is 9.80 Å². The topological polar surface area (TPSA) is 56.4 Å². The molecule has 1 aliphatic heterocycles. The van der Waals surface area contributed by atoms with Crippen molar-refractivity contribution in [2.24, 2.45) is 5.73 Å². The highest BCUT2D eigenvalue weighted by Gasteiger charge is 2.16. The third-order valence-corrected chi connectivity index (χ3v) is 2.11. The van der Waals surface area contributed by atoms with E-state index in [0.717, 1.165) is 26.2 Å². The van der Waals surface area contributed by atoms with Gasteiger partial charge in [0, 0.05) is 32.7 Å². The van der Waals surface area contributed by atoms with Crippen LogP contribution in [0, 0.1) is 5.41 Å². The molecule has 0 radical (unpaired) electrons. The normalized spacial score (nSPS) is 19.6. The van der Waals surface area contributed by atoms with Crippen LogP contribution in [-0.2, 0) is 0 Å². The fourth-order valence-corrected chi connectivity index (χ4v) is 1.33. The molecular weight excluding hydrogens is 159 g/mol. The molecule has 0 amide bonds. The zero-order valence-corrected chi connectivity index (χ0v) is 7.09. The van der Waals surface area contributed by atoms with Crippen LogP contribution < -0.4 is 5.73 Å². The van der Waals surface area contributed by atoms with Gasteiger partial charge in [-0.25, -0.2) is 4.39 Å². The lowest BCUT2D eigenvalue weighted by Crippen LogP contribution is -2.51. The van der Waals surface area contributed by atoms with Crippen molar-refractivity contribution in [1.29, 1.82) is 5.41 Å². The maximum atomic E-state index is 11.9. The Morgan fingerprint density at radius 1 is 1.33 bits per heavy atom. The summed E-state index contributed by atoms with van der Waals surface area (Å²) in [6, 6.07) is 0. The lowest BCUT2D eigenvalue weighted by molar-refractivity contribution is 0.170. The predicted molar refractivity (Wildman–Crippen MR) is 45.9 cm³/mol. The largest absolute Gasteiger partial charge is 0.370 e. The summed E-state index contributed by atoms with van der Waals surface area (Å²) in [5, 5.41) is 7.17. The number of guanidine groups is 1. The lowest BCUT2D eigenvalue weighted by Gasteiger charge is -2.34. The van der Waals surface area contributed by atoms with Crippen molar-refractivity contribution in [2.45, 2.75) is 0 Å². The second-order valence-corrected chi connectivity index (χ2v) is 2.90. The zero-order valence-electron chi connectivity index (χ0n) is 7.09. The minimum Gasteiger partial charge on any atom is -0.370 e. The van der Waals surface area contributed by atoms with E-state index in [9.17, 15) is 4.39 Å². The van der Waals surface area contributed by atoms with Crippen molar-refractivity contribution >= 4 is 5.96 Å². The standard InChI is InChI=1S/C7H15FN4/c8-1-2-11-3-5-12(6-4-11)7(9)10/h1-6H2,(H3,9,10). The quantitative estimate of drug-likeness (QED) is 0.437. The first kappa shape index (κ1) is 9.25. The molecule has 4 nitrogen and oxygen atoms in total. The van der Waals surface area contributed by atoms with Crippen LogP contribution in [0.15, 0.2) is 0 Å². The number of halogens is 1. The highest BCUT2D eigenvalue weighted by molar-refractivity contribution is 5.74. The van der Waals surface area contributed by atoms with Crippen molar-refractivity contribution in [3.63, 3.8) is 0 Å². The van der Waals surface area contributed by atoms with Gasteiger partial charge in [-0.15, -0.1) is 0 Å². The summed E-state index contributed by atoms with van der Waals surface area (Å²) in [6.07, 6.45) is 0. The molecule has 5 heteroatoms. The summed E-state index contributed by atoms with van der Waals surface area (Å²) >= 11 is 0. The molecular formula is C7H15FN4. The van der Waals surface area contributed by atoms with Gasteiger partial charge in [0.05, 0.1) is 0 Å². The van der Waals surface area contributed by atoms with Crippen LogP contribution in [0.4, 0.5) is 4.39 Å². The third-order valence-electron chi connectivity index (χ3n) is 2.11. The maximum absolute atomic E-state index is 11.9. The van der Waals surface area contributed by atoms with Crippen molar-refractivity contribution in [3.8, 4) is 0 Å². The van der Waals surface area contributed by atoms with Crippen molar-refractivity contribution in [3.05, 3.63) is 0 Å². The molecule has 3 N–H and O–H groups in total. The van der Waals surface area contributed by atoms with Gasteiger partial charge in [0.15, 0.2) is 5.96 Å². The molecule has 0 aromatic carbocycles. The number of hydrogen-bond acceptors (Lipinski definition) is 2. The first-order valence-corrected chi connectivity index (χ1v) is 4.11. The number of rotatable bonds is 2. The van der Waals surface area contributed by atoms with Crippen LogP contribution in [0.3, 0.4) is 0 Å².